The molecule has 13 heavy (non-hydrogen) atoms. The van der Waals surface area contributed by atoms with E-state index in [1.807, 2.05) is 0 Å². The van der Waals surface area contributed by atoms with Crippen LogP contribution in [0.2, 0.25) is 0 Å². The third-order valence-electron chi connectivity index (χ3n) is 3.17. The van der Waals surface area contributed by atoms with Crippen LogP contribution in [-0.2, 0) is 0 Å². The second-order valence-corrected chi connectivity index (χ2v) is 4.43. The van der Waals surface area contributed by atoms with Gasteiger partial charge in [0.25, 0.3) is 0 Å². The van der Waals surface area contributed by atoms with Crippen LogP contribution in [-0.4, -0.2) is 11.2 Å². The van der Waals surface area contributed by atoms with Gasteiger partial charge in [0.05, 0.1) is 6.10 Å². The normalized spacial score (nSPS) is 31.2. The number of aliphatic hydroxyl groups excluding tert-OH is 1. The number of rotatable bonds is 3. The molecule has 1 heteroatoms. The molecule has 1 rings (SSSR count). The lowest BCUT2D eigenvalue weighted by Crippen LogP contribution is -2.27. The maximum Gasteiger partial charge on any atom is 0.0573 e. The van der Waals surface area contributed by atoms with E-state index in [-0.39, 0.29) is 6.10 Å². The highest BCUT2D eigenvalue weighted by molar-refractivity contribution is 5.07. The molecular formula is C12H22O. The van der Waals surface area contributed by atoms with Crippen LogP contribution in [0.5, 0.6) is 0 Å². The Morgan fingerprint density at radius 2 is 2.31 bits per heavy atom. The minimum atomic E-state index is -0.0793. The predicted octanol–water partition coefficient (Wildman–Crippen LogP) is 3.14. The largest absolute Gasteiger partial charge is 0.393 e. The first-order valence-corrected chi connectivity index (χ1v) is 5.50. The number of hydrogen-bond donors (Lipinski definition) is 1. The molecule has 0 radical (unpaired) electrons. The second kappa shape index (κ2) is 4.80. The third-order valence-corrected chi connectivity index (χ3v) is 3.17. The van der Waals surface area contributed by atoms with Gasteiger partial charge in [0, 0.05) is 0 Å². The molecule has 3 unspecified atom stereocenters. The highest BCUT2D eigenvalue weighted by Gasteiger charge is 2.25. The van der Waals surface area contributed by atoms with Crippen molar-refractivity contribution < 1.29 is 5.11 Å². The molecule has 0 aromatic heterocycles. The highest BCUT2D eigenvalue weighted by atomic mass is 16.3. The Kier molecular flexibility index (Phi) is 3.98. The minimum absolute atomic E-state index is 0.0793. The van der Waals surface area contributed by atoms with Gasteiger partial charge in [-0.15, -0.1) is 0 Å². The van der Waals surface area contributed by atoms with Crippen molar-refractivity contribution in [3.63, 3.8) is 0 Å². The van der Waals surface area contributed by atoms with E-state index >= 15 is 0 Å². The predicted molar refractivity (Wildman–Crippen MR) is 56.6 cm³/mol. The molecule has 1 N–H and O–H groups in total. The average Bonchev–Trinajstić information content (AvgIpc) is 2.04. The van der Waals surface area contributed by atoms with E-state index in [0.717, 1.165) is 12.8 Å². The fraction of sp³-hybridized carbons (Fsp3) is 0.833. The molecule has 0 aliphatic heterocycles. The zero-order valence-electron chi connectivity index (χ0n) is 9.09. The number of allylic oxidation sites excluding steroid dienone is 2. The van der Waals surface area contributed by atoms with E-state index < -0.39 is 0 Å². The topological polar surface area (TPSA) is 20.2 Å². The Morgan fingerprint density at radius 3 is 2.85 bits per heavy atom. The molecule has 0 saturated heterocycles. The first-order valence-electron chi connectivity index (χ1n) is 5.50. The summed E-state index contributed by atoms with van der Waals surface area (Å²) in [5.74, 6) is 1.07. The number of hydrogen-bond acceptors (Lipinski definition) is 1. The Hall–Kier alpha value is -0.300. The summed E-state index contributed by atoms with van der Waals surface area (Å²) in [5.41, 5.74) is 1.49. The fourth-order valence-electron chi connectivity index (χ4n) is 2.37. The summed E-state index contributed by atoms with van der Waals surface area (Å²) in [6, 6.07) is 0. The zero-order chi connectivity index (χ0) is 9.84. The van der Waals surface area contributed by atoms with Crippen LogP contribution in [0.4, 0.5) is 0 Å². The van der Waals surface area contributed by atoms with Crippen molar-refractivity contribution in [2.45, 2.75) is 52.6 Å². The van der Waals surface area contributed by atoms with Gasteiger partial charge in [-0.25, -0.2) is 0 Å². The molecule has 0 fully saturated rings. The standard InChI is InChI=1S/C12H22O/c1-4-5-12(13)11-7-6-9(2)8-10(11)3/h8,10-13H,4-7H2,1-3H3. The van der Waals surface area contributed by atoms with Crippen LogP contribution in [0.1, 0.15) is 46.5 Å². The summed E-state index contributed by atoms with van der Waals surface area (Å²) in [4.78, 5) is 0. The van der Waals surface area contributed by atoms with Crippen molar-refractivity contribution in [1.29, 1.82) is 0 Å². The first kappa shape index (κ1) is 10.8. The molecule has 1 nitrogen and oxygen atoms in total. The number of aliphatic hydroxyl groups is 1. The highest BCUT2D eigenvalue weighted by Crippen LogP contribution is 2.32. The van der Waals surface area contributed by atoms with E-state index in [0.29, 0.717) is 11.8 Å². The van der Waals surface area contributed by atoms with Gasteiger partial charge in [-0.3, -0.25) is 0 Å². The van der Waals surface area contributed by atoms with Crippen LogP contribution in [0.15, 0.2) is 11.6 Å². The molecule has 76 valence electrons. The summed E-state index contributed by atoms with van der Waals surface area (Å²) >= 11 is 0. The lowest BCUT2D eigenvalue weighted by Gasteiger charge is -2.30. The van der Waals surface area contributed by atoms with Gasteiger partial charge in [-0.05, 0) is 38.0 Å². The van der Waals surface area contributed by atoms with Gasteiger partial charge in [-0.1, -0.05) is 31.9 Å². The molecule has 0 heterocycles. The molecule has 1 aliphatic rings. The van der Waals surface area contributed by atoms with Crippen molar-refractivity contribution in [3.8, 4) is 0 Å². The van der Waals surface area contributed by atoms with E-state index in [1.165, 1.54) is 18.4 Å². The quantitative estimate of drug-likeness (QED) is 0.665. The van der Waals surface area contributed by atoms with Crippen molar-refractivity contribution in [3.05, 3.63) is 11.6 Å². The van der Waals surface area contributed by atoms with Gasteiger partial charge < -0.3 is 5.11 Å². The Bertz CT molecular complexity index is 184. The third kappa shape index (κ3) is 2.84. The van der Waals surface area contributed by atoms with Crippen molar-refractivity contribution >= 4 is 0 Å². The SMILES string of the molecule is CCCC(O)C1CCC(C)=CC1C. The summed E-state index contributed by atoms with van der Waals surface area (Å²) in [6.45, 7) is 6.56. The molecule has 0 bridgehead atoms. The average molecular weight is 182 g/mol. The maximum absolute atomic E-state index is 9.90. The molecular weight excluding hydrogens is 160 g/mol. The van der Waals surface area contributed by atoms with Crippen molar-refractivity contribution in [2.75, 3.05) is 0 Å². The Labute approximate surface area is 81.9 Å². The van der Waals surface area contributed by atoms with Gasteiger partial charge in [0.15, 0.2) is 0 Å². The van der Waals surface area contributed by atoms with E-state index in [4.69, 9.17) is 0 Å². The minimum Gasteiger partial charge on any atom is -0.393 e. The van der Waals surface area contributed by atoms with Gasteiger partial charge in [-0.2, -0.15) is 0 Å². The van der Waals surface area contributed by atoms with Gasteiger partial charge >= 0.3 is 0 Å². The first-order chi connectivity index (χ1) is 6.15. The summed E-state index contributed by atoms with van der Waals surface area (Å²) in [7, 11) is 0. The van der Waals surface area contributed by atoms with Crippen molar-refractivity contribution in [2.24, 2.45) is 11.8 Å². The molecule has 0 aromatic rings. The zero-order valence-corrected chi connectivity index (χ0v) is 9.09. The molecule has 0 aromatic carbocycles. The van der Waals surface area contributed by atoms with Crippen LogP contribution >= 0.6 is 0 Å². The van der Waals surface area contributed by atoms with E-state index in [9.17, 15) is 5.11 Å². The van der Waals surface area contributed by atoms with Crippen LogP contribution in [0, 0.1) is 11.8 Å². The monoisotopic (exact) mass is 182 g/mol. The van der Waals surface area contributed by atoms with Gasteiger partial charge in [0.2, 0.25) is 0 Å². The summed E-state index contributed by atoms with van der Waals surface area (Å²) < 4.78 is 0. The lowest BCUT2D eigenvalue weighted by atomic mass is 9.78. The molecule has 0 spiro atoms. The molecule has 1 aliphatic carbocycles. The molecule has 3 atom stereocenters. The fourth-order valence-corrected chi connectivity index (χ4v) is 2.37. The maximum atomic E-state index is 9.90. The summed E-state index contributed by atoms with van der Waals surface area (Å²) in [5, 5.41) is 9.90. The van der Waals surface area contributed by atoms with Crippen LogP contribution in [0.25, 0.3) is 0 Å². The Balaban J connectivity index is 2.52. The van der Waals surface area contributed by atoms with E-state index in [1.54, 1.807) is 0 Å². The van der Waals surface area contributed by atoms with E-state index in [2.05, 4.69) is 26.8 Å². The second-order valence-electron chi connectivity index (χ2n) is 4.43. The smallest absolute Gasteiger partial charge is 0.0573 e. The molecule has 0 saturated carbocycles. The van der Waals surface area contributed by atoms with Crippen LogP contribution in [0.3, 0.4) is 0 Å². The Morgan fingerprint density at radius 1 is 1.62 bits per heavy atom. The lowest BCUT2D eigenvalue weighted by molar-refractivity contribution is 0.0710. The summed E-state index contributed by atoms with van der Waals surface area (Å²) in [6.07, 6.45) is 6.65. The van der Waals surface area contributed by atoms with Crippen LogP contribution < -0.4 is 0 Å². The van der Waals surface area contributed by atoms with Gasteiger partial charge in [0.1, 0.15) is 0 Å². The van der Waals surface area contributed by atoms with Crippen molar-refractivity contribution in [1.82, 2.24) is 0 Å². The molecule has 0 amide bonds.